The van der Waals surface area contributed by atoms with Gasteiger partial charge in [0.2, 0.25) is 0 Å². The maximum atomic E-state index is 14.3. The SMILES string of the molecule is CCN1C(=O)[C@@H](NC(=O)c2cccc(C(F)(F)F)c2)[C@@H](c2ccc(F)cc2)c2c(CN3CCNCC3)nn(-c3ccccc3)c21. The lowest BCUT2D eigenvalue weighted by molar-refractivity contribution is -0.137. The lowest BCUT2D eigenvalue weighted by Gasteiger charge is -2.39. The van der Waals surface area contributed by atoms with Crippen LogP contribution in [-0.4, -0.2) is 65.3 Å². The number of carbonyl (C=O) groups is 2. The molecule has 1 fully saturated rings. The van der Waals surface area contributed by atoms with Crippen LogP contribution in [-0.2, 0) is 17.5 Å². The van der Waals surface area contributed by atoms with Crippen LogP contribution in [0.5, 0.6) is 0 Å². The molecule has 0 saturated carbocycles. The van der Waals surface area contributed by atoms with E-state index >= 15 is 0 Å². The van der Waals surface area contributed by atoms with Gasteiger partial charge in [-0.25, -0.2) is 9.07 Å². The predicted octanol–water partition coefficient (Wildman–Crippen LogP) is 4.73. The van der Waals surface area contributed by atoms with Crippen LogP contribution in [0.1, 0.15) is 45.6 Å². The number of aromatic nitrogens is 2. The van der Waals surface area contributed by atoms with Gasteiger partial charge < -0.3 is 10.6 Å². The molecule has 3 heterocycles. The van der Waals surface area contributed by atoms with Crippen molar-refractivity contribution in [2.24, 2.45) is 0 Å². The average molecular weight is 621 g/mol. The number of fused-ring (bicyclic) bond motifs is 1. The number of likely N-dealkylation sites (N-methyl/N-ethyl adjacent to an activating group) is 1. The normalized spacial score (nSPS) is 19.0. The Bertz CT molecular complexity index is 1680. The van der Waals surface area contributed by atoms with Gasteiger partial charge in [0, 0.05) is 56.3 Å². The van der Waals surface area contributed by atoms with Gasteiger partial charge in [-0.2, -0.15) is 18.3 Å². The summed E-state index contributed by atoms with van der Waals surface area (Å²) in [5, 5.41) is 11.1. The molecule has 0 aliphatic carbocycles. The molecule has 2 N–H and O–H groups in total. The van der Waals surface area contributed by atoms with E-state index in [0.717, 1.165) is 50.1 Å². The highest BCUT2D eigenvalue weighted by atomic mass is 19.4. The van der Waals surface area contributed by atoms with E-state index < -0.39 is 41.3 Å². The molecule has 1 saturated heterocycles. The van der Waals surface area contributed by atoms with Gasteiger partial charge in [-0.3, -0.25) is 19.4 Å². The molecular weight excluding hydrogens is 588 g/mol. The number of benzene rings is 3. The number of nitrogens with one attached hydrogen (secondary N) is 2. The minimum absolute atomic E-state index is 0.231. The number of nitrogens with zero attached hydrogens (tertiary/aromatic N) is 4. The summed E-state index contributed by atoms with van der Waals surface area (Å²) < 4.78 is 56.3. The minimum atomic E-state index is -4.65. The van der Waals surface area contributed by atoms with Crippen LogP contribution in [0.25, 0.3) is 5.69 Å². The Balaban J connectivity index is 1.52. The molecule has 4 aromatic rings. The van der Waals surface area contributed by atoms with E-state index in [1.807, 2.05) is 37.3 Å². The number of hydrogen-bond acceptors (Lipinski definition) is 5. The number of hydrogen-bond donors (Lipinski definition) is 2. The largest absolute Gasteiger partial charge is 0.416 e. The zero-order chi connectivity index (χ0) is 31.7. The number of halogens is 4. The van der Waals surface area contributed by atoms with Crippen molar-refractivity contribution in [1.82, 2.24) is 25.3 Å². The first-order chi connectivity index (χ1) is 21.7. The van der Waals surface area contributed by atoms with Crippen molar-refractivity contribution < 1.29 is 27.2 Å². The maximum absolute atomic E-state index is 14.3. The number of alkyl halides is 3. The molecular formula is C33H32F4N6O2. The van der Waals surface area contributed by atoms with Crippen LogP contribution in [0.2, 0.25) is 0 Å². The fourth-order valence-corrected chi connectivity index (χ4v) is 6.11. The Morgan fingerprint density at radius 3 is 2.38 bits per heavy atom. The summed E-state index contributed by atoms with van der Waals surface area (Å²) in [6.07, 6.45) is -4.65. The number of carbonyl (C=O) groups excluding carboxylic acids is 2. The average Bonchev–Trinajstić information content (AvgIpc) is 3.40. The molecule has 0 spiro atoms. The molecule has 0 bridgehead atoms. The summed E-state index contributed by atoms with van der Waals surface area (Å²) >= 11 is 0. The summed E-state index contributed by atoms with van der Waals surface area (Å²) in [7, 11) is 0. The van der Waals surface area contributed by atoms with E-state index in [1.54, 1.807) is 21.7 Å². The highest BCUT2D eigenvalue weighted by Crippen LogP contribution is 2.44. The topological polar surface area (TPSA) is 82.5 Å². The van der Waals surface area contributed by atoms with E-state index in [0.29, 0.717) is 29.2 Å². The smallest absolute Gasteiger partial charge is 0.339 e. The Kier molecular flexibility index (Phi) is 8.43. The zero-order valence-corrected chi connectivity index (χ0v) is 24.5. The quantitative estimate of drug-likeness (QED) is 0.292. The summed E-state index contributed by atoms with van der Waals surface area (Å²) in [5.41, 5.74) is 1.47. The van der Waals surface area contributed by atoms with Gasteiger partial charge in [-0.05, 0) is 55.0 Å². The second-order valence-electron chi connectivity index (χ2n) is 11.1. The molecule has 234 valence electrons. The van der Waals surface area contributed by atoms with Crippen molar-refractivity contribution in [3.8, 4) is 5.69 Å². The first-order valence-electron chi connectivity index (χ1n) is 14.8. The maximum Gasteiger partial charge on any atom is 0.416 e. The first kappa shape index (κ1) is 30.5. The fraction of sp³-hybridized carbons (Fsp3) is 0.303. The Morgan fingerprint density at radius 1 is 1.00 bits per heavy atom. The van der Waals surface area contributed by atoms with Crippen LogP contribution in [0.3, 0.4) is 0 Å². The molecule has 2 amide bonds. The third kappa shape index (κ3) is 6.07. The van der Waals surface area contributed by atoms with E-state index in [4.69, 9.17) is 5.10 Å². The van der Waals surface area contributed by atoms with Gasteiger partial charge in [0.15, 0.2) is 0 Å². The summed E-state index contributed by atoms with van der Waals surface area (Å²) in [5.74, 6) is -2.02. The Hall–Kier alpha value is -4.55. The summed E-state index contributed by atoms with van der Waals surface area (Å²) in [4.78, 5) is 31.7. The van der Waals surface area contributed by atoms with Crippen molar-refractivity contribution in [2.75, 3.05) is 37.6 Å². The van der Waals surface area contributed by atoms with Crippen LogP contribution in [0.4, 0.5) is 23.4 Å². The van der Waals surface area contributed by atoms with Gasteiger partial charge in [-0.1, -0.05) is 36.4 Å². The zero-order valence-electron chi connectivity index (χ0n) is 24.5. The number of amides is 2. The van der Waals surface area contributed by atoms with Gasteiger partial charge in [-0.15, -0.1) is 0 Å². The van der Waals surface area contributed by atoms with Crippen molar-refractivity contribution in [3.05, 3.63) is 113 Å². The van der Waals surface area contributed by atoms with E-state index in [9.17, 15) is 27.2 Å². The first-order valence-corrected chi connectivity index (χ1v) is 14.8. The predicted molar refractivity (Wildman–Crippen MR) is 161 cm³/mol. The second-order valence-corrected chi connectivity index (χ2v) is 11.1. The van der Waals surface area contributed by atoms with Crippen LogP contribution >= 0.6 is 0 Å². The molecule has 45 heavy (non-hydrogen) atoms. The second kappa shape index (κ2) is 12.4. The standard InChI is InChI=1S/C33H32F4N6O2/c1-2-42-31-28(26(20-41-17-15-38-16-18-41)40-43(31)25-9-4-3-5-10-25)27(21-11-13-24(34)14-12-21)29(32(42)45)39-30(44)22-7-6-8-23(19-22)33(35,36)37/h3-14,19,27,29,38H,2,15-18,20H2,1H3,(H,39,44)/t27-,29-/m0/s1. The van der Waals surface area contributed by atoms with Crippen molar-refractivity contribution >= 4 is 17.6 Å². The molecule has 1 aromatic heterocycles. The molecule has 2 aliphatic rings. The van der Waals surface area contributed by atoms with Crippen LogP contribution in [0.15, 0.2) is 78.9 Å². The Labute approximate surface area is 257 Å². The van der Waals surface area contributed by atoms with E-state index in [1.165, 1.54) is 18.2 Å². The van der Waals surface area contributed by atoms with Gasteiger partial charge >= 0.3 is 6.18 Å². The van der Waals surface area contributed by atoms with Crippen molar-refractivity contribution in [2.45, 2.75) is 31.6 Å². The third-order valence-electron chi connectivity index (χ3n) is 8.27. The number of piperazine rings is 1. The molecule has 3 aromatic carbocycles. The molecule has 2 aliphatic heterocycles. The van der Waals surface area contributed by atoms with Gasteiger partial charge in [0.05, 0.1) is 16.9 Å². The molecule has 12 heteroatoms. The van der Waals surface area contributed by atoms with Gasteiger partial charge in [0.25, 0.3) is 11.8 Å². The molecule has 2 atom stereocenters. The molecule has 8 nitrogen and oxygen atoms in total. The van der Waals surface area contributed by atoms with Gasteiger partial charge in [0.1, 0.15) is 17.7 Å². The summed E-state index contributed by atoms with van der Waals surface area (Å²) in [6, 6.07) is 18.0. The van der Waals surface area contributed by atoms with Crippen molar-refractivity contribution in [3.63, 3.8) is 0 Å². The Morgan fingerprint density at radius 2 is 1.71 bits per heavy atom. The van der Waals surface area contributed by atoms with Crippen LogP contribution < -0.4 is 15.5 Å². The molecule has 0 radical (unpaired) electrons. The highest BCUT2D eigenvalue weighted by Gasteiger charge is 2.46. The summed E-state index contributed by atoms with van der Waals surface area (Å²) in [6.45, 7) is 5.67. The highest BCUT2D eigenvalue weighted by molar-refractivity contribution is 6.05. The van der Waals surface area contributed by atoms with E-state index in [-0.39, 0.29) is 12.1 Å². The van der Waals surface area contributed by atoms with Crippen LogP contribution in [0, 0.1) is 5.82 Å². The molecule has 6 rings (SSSR count). The number of anilines is 1. The number of rotatable bonds is 7. The number of para-hydroxylation sites is 1. The minimum Gasteiger partial charge on any atom is -0.339 e. The third-order valence-corrected chi connectivity index (χ3v) is 8.27. The lowest BCUT2D eigenvalue weighted by atomic mass is 9.80. The lowest BCUT2D eigenvalue weighted by Crippen LogP contribution is -2.55. The monoisotopic (exact) mass is 620 g/mol. The fourth-order valence-electron chi connectivity index (χ4n) is 6.11. The van der Waals surface area contributed by atoms with E-state index in [2.05, 4.69) is 15.5 Å². The molecule has 0 unspecified atom stereocenters. The van der Waals surface area contributed by atoms with Crippen molar-refractivity contribution in [1.29, 1.82) is 0 Å².